The summed E-state index contributed by atoms with van der Waals surface area (Å²) in [7, 11) is 0. The van der Waals surface area contributed by atoms with Crippen molar-refractivity contribution in [3.63, 3.8) is 0 Å². The molecule has 0 saturated carbocycles. The minimum Gasteiger partial charge on any atom is -0.480 e. The van der Waals surface area contributed by atoms with Crippen LogP contribution in [0, 0.1) is 0 Å². The first-order chi connectivity index (χ1) is 8.27. The number of aliphatic carboxylic acids is 1. The molecule has 0 fully saturated rings. The first-order valence-electron chi connectivity index (χ1n) is 4.32. The Morgan fingerprint density at radius 1 is 1.61 bits per heavy atom. The number of halogens is 4. The second-order valence-corrected chi connectivity index (χ2v) is 3.43. The Labute approximate surface area is 102 Å². The van der Waals surface area contributed by atoms with Crippen LogP contribution in [0.2, 0.25) is 5.02 Å². The Morgan fingerprint density at radius 3 is 2.67 bits per heavy atom. The fourth-order valence-corrected chi connectivity index (χ4v) is 1.47. The monoisotopic (exact) mass is 283 g/mol. The van der Waals surface area contributed by atoms with Crippen molar-refractivity contribution in [2.24, 2.45) is 5.11 Å². The van der Waals surface area contributed by atoms with E-state index in [1.165, 1.54) is 0 Å². The lowest BCUT2D eigenvalue weighted by atomic mass is 10.3. The number of rotatable bonds is 4. The maximum absolute atomic E-state index is 12.5. The predicted molar refractivity (Wildman–Crippen MR) is 52.7 cm³/mol. The van der Waals surface area contributed by atoms with Crippen LogP contribution in [0.5, 0.6) is 0 Å². The molecule has 1 aromatic rings. The quantitative estimate of drug-likeness (QED) is 0.521. The molecule has 0 atom stereocenters. The number of hydrogen-bond donors (Lipinski definition) is 1. The van der Waals surface area contributed by atoms with Crippen molar-refractivity contribution in [1.82, 2.24) is 9.78 Å². The normalized spacial score (nSPS) is 11.1. The third kappa shape index (κ3) is 3.05. The maximum Gasteiger partial charge on any atom is 0.436 e. The van der Waals surface area contributed by atoms with E-state index in [2.05, 4.69) is 15.1 Å². The number of carboxylic acids is 1. The summed E-state index contributed by atoms with van der Waals surface area (Å²) in [6.07, 6.45) is -4.81. The molecule has 11 heteroatoms. The minimum absolute atomic E-state index is 0.302. The van der Waals surface area contributed by atoms with Crippen LogP contribution in [0.25, 0.3) is 10.4 Å². The summed E-state index contributed by atoms with van der Waals surface area (Å²) in [5, 5.41) is 13.9. The summed E-state index contributed by atoms with van der Waals surface area (Å²) in [6, 6.07) is 0. The van der Waals surface area contributed by atoms with Crippen LogP contribution in [-0.2, 0) is 24.1 Å². The molecule has 0 spiro atoms. The highest BCUT2D eigenvalue weighted by Crippen LogP contribution is 2.35. The van der Waals surface area contributed by atoms with Crippen LogP contribution >= 0.6 is 11.6 Å². The topological polar surface area (TPSA) is 104 Å². The number of nitrogens with zero attached hydrogens (tertiary/aromatic N) is 5. The highest BCUT2D eigenvalue weighted by atomic mass is 35.5. The molecule has 0 saturated heterocycles. The van der Waals surface area contributed by atoms with Crippen molar-refractivity contribution in [3.05, 3.63) is 26.9 Å². The van der Waals surface area contributed by atoms with Crippen LogP contribution in [0.4, 0.5) is 13.2 Å². The molecular formula is C7H5ClF3N5O2. The van der Waals surface area contributed by atoms with E-state index in [4.69, 9.17) is 22.2 Å². The summed E-state index contributed by atoms with van der Waals surface area (Å²) in [5.41, 5.74) is 6.39. The number of carboxylic acid groups (broad SMARTS) is 1. The first kappa shape index (κ1) is 14.1. The van der Waals surface area contributed by atoms with Gasteiger partial charge in [-0.05, 0) is 5.53 Å². The smallest absolute Gasteiger partial charge is 0.436 e. The Kier molecular flexibility index (Phi) is 4.04. The number of aromatic nitrogens is 2. The van der Waals surface area contributed by atoms with E-state index in [-0.39, 0.29) is 5.69 Å². The van der Waals surface area contributed by atoms with Crippen molar-refractivity contribution in [2.75, 3.05) is 0 Å². The van der Waals surface area contributed by atoms with Crippen molar-refractivity contribution < 1.29 is 23.1 Å². The van der Waals surface area contributed by atoms with Crippen molar-refractivity contribution in [1.29, 1.82) is 0 Å². The largest absolute Gasteiger partial charge is 0.480 e. The highest BCUT2D eigenvalue weighted by molar-refractivity contribution is 6.32. The molecule has 18 heavy (non-hydrogen) atoms. The summed E-state index contributed by atoms with van der Waals surface area (Å²) < 4.78 is 38.0. The van der Waals surface area contributed by atoms with Crippen molar-refractivity contribution in [2.45, 2.75) is 19.3 Å². The Bertz CT molecular complexity index is 520. The molecule has 0 bridgehead atoms. The zero-order valence-corrected chi connectivity index (χ0v) is 9.27. The second-order valence-electron chi connectivity index (χ2n) is 3.05. The fourth-order valence-electron chi connectivity index (χ4n) is 1.16. The van der Waals surface area contributed by atoms with E-state index in [0.29, 0.717) is 4.68 Å². The Balaban J connectivity index is 3.30. The molecule has 0 aromatic carbocycles. The maximum atomic E-state index is 12.5. The van der Waals surface area contributed by atoms with E-state index in [1.807, 2.05) is 0 Å². The zero-order valence-electron chi connectivity index (χ0n) is 8.52. The van der Waals surface area contributed by atoms with E-state index in [1.54, 1.807) is 0 Å². The lowest BCUT2D eigenvalue weighted by Crippen LogP contribution is -2.14. The lowest BCUT2D eigenvalue weighted by molar-refractivity contribution is -0.143. The van der Waals surface area contributed by atoms with Crippen molar-refractivity contribution in [3.8, 4) is 0 Å². The van der Waals surface area contributed by atoms with E-state index < -0.39 is 36.0 Å². The third-order valence-corrected chi connectivity index (χ3v) is 2.23. The molecule has 7 nitrogen and oxygen atoms in total. The zero-order chi connectivity index (χ0) is 13.9. The molecule has 0 radical (unpaired) electrons. The average Bonchev–Trinajstić information content (AvgIpc) is 2.52. The van der Waals surface area contributed by atoms with Gasteiger partial charge in [-0.1, -0.05) is 16.7 Å². The number of hydrogen-bond acceptors (Lipinski definition) is 3. The Hall–Kier alpha value is -1.93. The molecule has 0 unspecified atom stereocenters. The molecule has 1 N–H and O–H groups in total. The van der Waals surface area contributed by atoms with Gasteiger partial charge in [0, 0.05) is 4.91 Å². The van der Waals surface area contributed by atoms with Gasteiger partial charge < -0.3 is 5.11 Å². The second kappa shape index (κ2) is 5.15. The molecule has 0 amide bonds. The van der Waals surface area contributed by atoms with Crippen LogP contribution in [0.15, 0.2) is 5.11 Å². The van der Waals surface area contributed by atoms with E-state index in [9.17, 15) is 18.0 Å². The molecule has 1 aromatic heterocycles. The van der Waals surface area contributed by atoms with Gasteiger partial charge >= 0.3 is 12.1 Å². The van der Waals surface area contributed by atoms with Crippen LogP contribution in [-0.4, -0.2) is 20.9 Å². The van der Waals surface area contributed by atoms with Crippen LogP contribution in [0.1, 0.15) is 11.4 Å². The molecular weight excluding hydrogens is 279 g/mol. The SMILES string of the molecule is [N-]=[N+]=NCc1c(Cl)c(C(F)(F)F)nn1CC(=O)O. The molecule has 0 aliphatic carbocycles. The molecule has 0 aliphatic rings. The predicted octanol–water partition coefficient (Wildman–Crippen LogP) is 2.45. The van der Waals surface area contributed by atoms with Crippen LogP contribution in [0.3, 0.4) is 0 Å². The van der Waals surface area contributed by atoms with Gasteiger partial charge in [0.15, 0.2) is 5.69 Å². The van der Waals surface area contributed by atoms with Crippen LogP contribution < -0.4 is 0 Å². The number of azide groups is 1. The van der Waals surface area contributed by atoms with Gasteiger partial charge in [0.1, 0.15) is 6.54 Å². The first-order valence-corrected chi connectivity index (χ1v) is 4.70. The van der Waals surface area contributed by atoms with Gasteiger partial charge in [0.05, 0.1) is 17.3 Å². The summed E-state index contributed by atoms with van der Waals surface area (Å²) in [4.78, 5) is 12.8. The lowest BCUT2D eigenvalue weighted by Gasteiger charge is -2.01. The number of alkyl halides is 3. The minimum atomic E-state index is -4.81. The molecule has 1 heterocycles. The van der Waals surface area contributed by atoms with E-state index >= 15 is 0 Å². The third-order valence-electron chi connectivity index (χ3n) is 1.83. The van der Waals surface area contributed by atoms with Gasteiger partial charge in [0.25, 0.3) is 0 Å². The van der Waals surface area contributed by atoms with Gasteiger partial charge in [0.2, 0.25) is 0 Å². The molecule has 98 valence electrons. The fraction of sp³-hybridized carbons (Fsp3) is 0.429. The van der Waals surface area contributed by atoms with Gasteiger partial charge in [-0.2, -0.15) is 18.3 Å². The molecule has 1 rings (SSSR count). The standard InChI is InChI=1S/C7H5ClF3N5O2/c8-5-3(1-13-15-12)16(2-4(17)18)14-6(5)7(9,10)11/h1-2H2,(H,17,18). The van der Waals surface area contributed by atoms with E-state index in [0.717, 1.165) is 0 Å². The average molecular weight is 284 g/mol. The van der Waals surface area contributed by atoms with Gasteiger partial charge in [-0.3, -0.25) is 9.48 Å². The van der Waals surface area contributed by atoms with Gasteiger partial charge in [-0.15, -0.1) is 0 Å². The Morgan fingerprint density at radius 2 is 2.22 bits per heavy atom. The summed E-state index contributed by atoms with van der Waals surface area (Å²) in [6.45, 7) is -1.34. The summed E-state index contributed by atoms with van der Waals surface area (Å²) in [5.74, 6) is -1.40. The summed E-state index contributed by atoms with van der Waals surface area (Å²) >= 11 is 5.45. The molecule has 0 aliphatic heterocycles. The van der Waals surface area contributed by atoms with Gasteiger partial charge in [-0.25, -0.2) is 0 Å². The number of carbonyl (C=O) groups is 1. The van der Waals surface area contributed by atoms with Crippen molar-refractivity contribution >= 4 is 17.6 Å². The highest BCUT2D eigenvalue weighted by Gasteiger charge is 2.38.